The van der Waals surface area contributed by atoms with Crippen LogP contribution >= 0.6 is 0 Å². The van der Waals surface area contributed by atoms with Gasteiger partial charge in [-0.3, -0.25) is 19.2 Å². The van der Waals surface area contributed by atoms with Gasteiger partial charge in [-0.1, -0.05) is 56.3 Å². The third kappa shape index (κ3) is 11.7. The molecule has 0 bridgehead atoms. The standard InChI is InChI=1S/C29H38N4O8/c1-17(2)14-22(27(38)33-24(29(40)41)16-18-6-4-3-5-7-18)32-28(39)23(15-19-8-10-20(34)11-9-19)31-26(37)21(30)12-13-25(35)36/h3-11,17,21-24,34H,12-16,30H2,1-2H3,(H,31,37)(H,32,39)(H,33,38)(H,35,36)(H,40,41). The van der Waals surface area contributed by atoms with Gasteiger partial charge in [-0.2, -0.15) is 0 Å². The summed E-state index contributed by atoms with van der Waals surface area (Å²) >= 11 is 0. The molecule has 0 spiro atoms. The second-order valence-electron chi connectivity index (χ2n) is 10.3. The molecule has 2 aromatic carbocycles. The van der Waals surface area contributed by atoms with Crippen molar-refractivity contribution in [2.24, 2.45) is 11.7 Å². The highest BCUT2D eigenvalue weighted by Gasteiger charge is 2.31. The first-order valence-electron chi connectivity index (χ1n) is 13.3. The SMILES string of the molecule is CC(C)CC(NC(=O)C(Cc1ccc(O)cc1)NC(=O)C(N)CCC(=O)O)C(=O)NC(Cc1ccccc1)C(=O)O. The van der Waals surface area contributed by atoms with E-state index in [0.29, 0.717) is 11.1 Å². The molecule has 0 aliphatic heterocycles. The van der Waals surface area contributed by atoms with E-state index in [2.05, 4.69) is 16.0 Å². The molecule has 12 nitrogen and oxygen atoms in total. The molecular formula is C29H38N4O8. The van der Waals surface area contributed by atoms with E-state index < -0.39 is 53.8 Å². The van der Waals surface area contributed by atoms with Gasteiger partial charge >= 0.3 is 11.9 Å². The Morgan fingerprint density at radius 2 is 1.24 bits per heavy atom. The number of nitrogens with one attached hydrogen (secondary N) is 3. The van der Waals surface area contributed by atoms with Gasteiger partial charge in [0.1, 0.15) is 23.9 Å². The number of phenols is 1. The molecule has 8 N–H and O–H groups in total. The number of benzene rings is 2. The van der Waals surface area contributed by atoms with Crippen LogP contribution in [0.3, 0.4) is 0 Å². The number of hydrogen-bond acceptors (Lipinski definition) is 7. The van der Waals surface area contributed by atoms with Crippen LogP contribution in [-0.2, 0) is 36.8 Å². The minimum absolute atomic E-state index is 0.00614. The number of carboxylic acids is 2. The molecule has 0 heterocycles. The topological polar surface area (TPSA) is 208 Å². The van der Waals surface area contributed by atoms with Gasteiger partial charge in [0.2, 0.25) is 17.7 Å². The summed E-state index contributed by atoms with van der Waals surface area (Å²) in [5, 5.41) is 35.9. The van der Waals surface area contributed by atoms with Gasteiger partial charge in [0.25, 0.3) is 0 Å². The summed E-state index contributed by atoms with van der Waals surface area (Å²) in [6.07, 6.45) is -0.282. The third-order valence-electron chi connectivity index (χ3n) is 6.25. The van der Waals surface area contributed by atoms with Crippen molar-refractivity contribution in [2.45, 2.75) is 70.1 Å². The van der Waals surface area contributed by atoms with Gasteiger partial charge in [-0.25, -0.2) is 4.79 Å². The normalized spacial score (nSPS) is 13.9. The van der Waals surface area contributed by atoms with Crippen molar-refractivity contribution in [3.8, 4) is 5.75 Å². The number of hydrogen-bond donors (Lipinski definition) is 7. The maximum absolute atomic E-state index is 13.4. The lowest BCUT2D eigenvalue weighted by Gasteiger charge is -2.26. The van der Waals surface area contributed by atoms with Crippen LogP contribution in [0.2, 0.25) is 0 Å². The summed E-state index contributed by atoms with van der Waals surface area (Å²) in [5.41, 5.74) is 7.12. The lowest BCUT2D eigenvalue weighted by Crippen LogP contribution is -2.58. The fourth-order valence-electron chi connectivity index (χ4n) is 4.06. The van der Waals surface area contributed by atoms with Crippen molar-refractivity contribution in [3.05, 3.63) is 65.7 Å². The van der Waals surface area contributed by atoms with Gasteiger partial charge < -0.3 is 37.0 Å². The summed E-state index contributed by atoms with van der Waals surface area (Å²) in [4.78, 5) is 62.2. The molecule has 0 saturated heterocycles. The van der Waals surface area contributed by atoms with Crippen LogP contribution in [0.15, 0.2) is 54.6 Å². The molecule has 0 fully saturated rings. The van der Waals surface area contributed by atoms with E-state index in [0.717, 1.165) is 0 Å². The summed E-state index contributed by atoms with van der Waals surface area (Å²) < 4.78 is 0. The average molecular weight is 571 g/mol. The first kappa shape index (κ1) is 32.8. The Balaban J connectivity index is 2.23. The van der Waals surface area contributed by atoms with Crippen LogP contribution in [0.1, 0.15) is 44.2 Å². The molecule has 0 saturated carbocycles. The van der Waals surface area contributed by atoms with Crippen LogP contribution in [-0.4, -0.2) is 69.1 Å². The Morgan fingerprint density at radius 1 is 0.732 bits per heavy atom. The highest BCUT2D eigenvalue weighted by molar-refractivity contribution is 5.94. The number of carbonyl (C=O) groups excluding carboxylic acids is 3. The maximum atomic E-state index is 13.4. The van der Waals surface area contributed by atoms with Gasteiger partial charge in [0.05, 0.1) is 6.04 Å². The number of aromatic hydroxyl groups is 1. The van der Waals surface area contributed by atoms with Crippen molar-refractivity contribution in [1.82, 2.24) is 16.0 Å². The molecule has 3 amide bonds. The fraction of sp³-hybridized carbons (Fsp3) is 0.414. The van der Waals surface area contributed by atoms with Crippen molar-refractivity contribution < 1.29 is 39.3 Å². The van der Waals surface area contributed by atoms with Crippen molar-refractivity contribution in [1.29, 1.82) is 0 Å². The summed E-state index contributed by atoms with van der Waals surface area (Å²) in [6.45, 7) is 3.67. The first-order valence-corrected chi connectivity index (χ1v) is 13.3. The third-order valence-corrected chi connectivity index (χ3v) is 6.25. The number of rotatable bonds is 16. The minimum atomic E-state index is -1.24. The number of amides is 3. The molecule has 4 unspecified atom stereocenters. The minimum Gasteiger partial charge on any atom is -0.508 e. The molecule has 2 aromatic rings. The van der Waals surface area contributed by atoms with E-state index in [9.17, 15) is 34.2 Å². The lowest BCUT2D eigenvalue weighted by atomic mass is 9.99. The predicted octanol–water partition coefficient (Wildman–Crippen LogP) is 0.955. The molecular weight excluding hydrogens is 532 g/mol. The van der Waals surface area contributed by atoms with Crippen LogP contribution < -0.4 is 21.7 Å². The molecule has 4 atom stereocenters. The van der Waals surface area contributed by atoms with E-state index in [4.69, 9.17) is 10.8 Å². The Kier molecular flexibility index (Phi) is 12.8. The van der Waals surface area contributed by atoms with Gasteiger partial charge in [0, 0.05) is 19.3 Å². The van der Waals surface area contributed by atoms with Crippen LogP contribution in [0.4, 0.5) is 0 Å². The van der Waals surface area contributed by atoms with Crippen molar-refractivity contribution >= 4 is 29.7 Å². The zero-order valence-electron chi connectivity index (χ0n) is 23.1. The molecule has 0 aliphatic carbocycles. The second-order valence-corrected chi connectivity index (χ2v) is 10.3. The quantitative estimate of drug-likeness (QED) is 0.153. The van der Waals surface area contributed by atoms with Gasteiger partial charge in [0.15, 0.2) is 0 Å². The molecule has 0 aliphatic rings. The second kappa shape index (κ2) is 16.0. The Bertz CT molecular complexity index is 1190. The number of carbonyl (C=O) groups is 5. The smallest absolute Gasteiger partial charge is 0.326 e. The average Bonchev–Trinajstić information content (AvgIpc) is 2.91. The fourth-order valence-corrected chi connectivity index (χ4v) is 4.06. The monoisotopic (exact) mass is 570 g/mol. The Labute approximate surface area is 238 Å². The Morgan fingerprint density at radius 3 is 1.80 bits per heavy atom. The number of phenolic OH excluding ortho intramolecular Hbond substituents is 1. The van der Waals surface area contributed by atoms with Crippen LogP contribution in [0.5, 0.6) is 5.75 Å². The lowest BCUT2D eigenvalue weighted by molar-refractivity contribution is -0.142. The highest BCUT2D eigenvalue weighted by Crippen LogP contribution is 2.13. The summed E-state index contributed by atoms with van der Waals surface area (Å²) in [7, 11) is 0. The molecule has 12 heteroatoms. The molecule has 222 valence electrons. The van der Waals surface area contributed by atoms with E-state index in [1.54, 1.807) is 42.5 Å². The zero-order valence-corrected chi connectivity index (χ0v) is 23.1. The molecule has 0 radical (unpaired) electrons. The van der Waals surface area contributed by atoms with E-state index in [1.165, 1.54) is 12.1 Å². The number of aliphatic carboxylic acids is 2. The van der Waals surface area contributed by atoms with E-state index >= 15 is 0 Å². The number of carboxylic acid groups (broad SMARTS) is 2. The van der Waals surface area contributed by atoms with E-state index in [-0.39, 0.29) is 43.8 Å². The molecule has 41 heavy (non-hydrogen) atoms. The zero-order chi connectivity index (χ0) is 30.5. The van der Waals surface area contributed by atoms with Crippen LogP contribution in [0.25, 0.3) is 0 Å². The van der Waals surface area contributed by atoms with Gasteiger partial charge in [-0.05, 0) is 42.0 Å². The summed E-state index contributed by atoms with van der Waals surface area (Å²) in [6, 6.07) is 10.0. The highest BCUT2D eigenvalue weighted by atomic mass is 16.4. The van der Waals surface area contributed by atoms with Gasteiger partial charge in [-0.15, -0.1) is 0 Å². The molecule has 2 rings (SSSR count). The largest absolute Gasteiger partial charge is 0.508 e. The van der Waals surface area contributed by atoms with Crippen molar-refractivity contribution in [3.63, 3.8) is 0 Å². The summed E-state index contributed by atoms with van der Waals surface area (Å²) in [5.74, 6) is -4.56. The predicted molar refractivity (Wildman–Crippen MR) is 150 cm³/mol. The van der Waals surface area contributed by atoms with Crippen LogP contribution in [0, 0.1) is 5.92 Å². The van der Waals surface area contributed by atoms with Crippen molar-refractivity contribution in [2.75, 3.05) is 0 Å². The maximum Gasteiger partial charge on any atom is 0.326 e. The van der Waals surface area contributed by atoms with E-state index in [1.807, 2.05) is 13.8 Å². The number of nitrogens with two attached hydrogens (primary N) is 1. The first-order chi connectivity index (χ1) is 19.3. The Hall–Kier alpha value is -4.45. The molecule has 0 aromatic heterocycles.